The van der Waals surface area contributed by atoms with Crippen molar-refractivity contribution in [3.8, 4) is 16.9 Å². The summed E-state index contributed by atoms with van der Waals surface area (Å²) in [7, 11) is 0. The van der Waals surface area contributed by atoms with Gasteiger partial charge in [-0.1, -0.05) is 77.9 Å². The third kappa shape index (κ3) is 4.20. The van der Waals surface area contributed by atoms with Crippen molar-refractivity contribution in [3.05, 3.63) is 130 Å². The smallest absolute Gasteiger partial charge is 0.353 e. The van der Waals surface area contributed by atoms with Gasteiger partial charge in [0.05, 0.1) is 0 Å². The fraction of sp³-hybridized carbons (Fsp3) is 0.108. The second kappa shape index (κ2) is 9.73. The summed E-state index contributed by atoms with van der Waals surface area (Å²) in [6.07, 6.45) is 8.85. The van der Waals surface area contributed by atoms with Crippen LogP contribution in [0.4, 0.5) is 0 Å². The topological polar surface area (TPSA) is 26.3 Å². The van der Waals surface area contributed by atoms with E-state index < -0.39 is 0 Å². The number of carbonyl (C=O) groups is 1. The normalized spacial score (nSPS) is 14.5. The number of hydrogen-bond donors (Lipinski definition) is 0. The molecule has 0 fully saturated rings. The van der Waals surface area contributed by atoms with Crippen LogP contribution in [-0.4, -0.2) is 5.97 Å². The highest BCUT2D eigenvalue weighted by Gasteiger charge is 2.23. The van der Waals surface area contributed by atoms with Crippen molar-refractivity contribution in [2.45, 2.75) is 25.7 Å². The molecule has 2 nitrogen and oxygen atoms in total. The van der Waals surface area contributed by atoms with E-state index in [1.165, 1.54) is 28.0 Å². The van der Waals surface area contributed by atoms with Crippen molar-refractivity contribution < 1.29 is 9.53 Å². The molecule has 198 valence electrons. The van der Waals surface area contributed by atoms with Gasteiger partial charge in [-0.25, -0.2) is 4.79 Å². The molecule has 1 aromatic heterocycles. The van der Waals surface area contributed by atoms with Crippen LogP contribution >= 0.6 is 22.9 Å². The highest BCUT2D eigenvalue weighted by molar-refractivity contribution is 7.20. The minimum absolute atomic E-state index is 0.342. The summed E-state index contributed by atoms with van der Waals surface area (Å²) in [6.45, 7) is 0. The zero-order valence-corrected chi connectivity index (χ0v) is 23.8. The van der Waals surface area contributed by atoms with Gasteiger partial charge in [0, 0.05) is 20.7 Å². The molecule has 0 unspecified atom stereocenters. The molecule has 0 spiro atoms. The largest absolute Gasteiger partial charge is 0.422 e. The number of aryl methyl sites for hydroxylation is 1. The van der Waals surface area contributed by atoms with E-state index in [1.807, 2.05) is 48.5 Å². The molecule has 6 aromatic rings. The lowest BCUT2D eigenvalue weighted by molar-refractivity contribution is 0.0742. The fourth-order valence-electron chi connectivity index (χ4n) is 6.42. The van der Waals surface area contributed by atoms with Crippen molar-refractivity contribution in [2.24, 2.45) is 0 Å². The molecule has 0 atom stereocenters. The maximum atomic E-state index is 13.7. The van der Waals surface area contributed by atoms with E-state index in [1.54, 1.807) is 5.57 Å². The molecule has 2 aliphatic carbocycles. The number of halogens is 1. The Kier molecular flexibility index (Phi) is 5.84. The van der Waals surface area contributed by atoms with Crippen LogP contribution in [0.2, 0.25) is 5.02 Å². The molecule has 0 bridgehead atoms. The average Bonchev–Trinajstić information content (AvgIpc) is 3.43. The van der Waals surface area contributed by atoms with E-state index in [4.69, 9.17) is 16.3 Å². The number of allylic oxidation sites excluding steroid dienone is 4. The SMILES string of the molecule is O=C(Oc1cc(-c2ccccc2Cl)cc2c3c(ccc12)C1=C(CCC=C1)CC3)c1cc2cc3ccccc3cc2s1. The molecule has 0 aliphatic heterocycles. The Morgan fingerprint density at radius 1 is 0.756 bits per heavy atom. The number of fused-ring (bicyclic) bond motifs is 6. The van der Waals surface area contributed by atoms with Crippen LogP contribution in [0, 0.1) is 0 Å². The van der Waals surface area contributed by atoms with Gasteiger partial charge in [-0.15, -0.1) is 11.3 Å². The molecule has 1 heterocycles. The zero-order chi connectivity index (χ0) is 27.5. The predicted octanol–water partition coefficient (Wildman–Crippen LogP) is 10.8. The Hall–Kier alpha value is -4.18. The lowest BCUT2D eigenvalue weighted by atomic mass is 9.79. The van der Waals surface area contributed by atoms with Gasteiger partial charge in [-0.3, -0.25) is 0 Å². The van der Waals surface area contributed by atoms with Gasteiger partial charge in [0.2, 0.25) is 0 Å². The van der Waals surface area contributed by atoms with Crippen molar-refractivity contribution >= 4 is 66.1 Å². The summed E-state index contributed by atoms with van der Waals surface area (Å²) < 4.78 is 7.32. The lowest BCUT2D eigenvalue weighted by Gasteiger charge is -2.26. The third-order valence-electron chi connectivity index (χ3n) is 8.43. The fourth-order valence-corrected chi connectivity index (χ4v) is 7.64. The van der Waals surface area contributed by atoms with Crippen molar-refractivity contribution in [1.82, 2.24) is 0 Å². The molecule has 41 heavy (non-hydrogen) atoms. The first-order valence-electron chi connectivity index (χ1n) is 14.0. The minimum atomic E-state index is -0.342. The molecule has 4 heteroatoms. The number of hydrogen-bond acceptors (Lipinski definition) is 3. The van der Waals surface area contributed by atoms with Crippen LogP contribution in [-0.2, 0) is 6.42 Å². The summed E-state index contributed by atoms with van der Waals surface area (Å²) in [5.41, 5.74) is 7.38. The van der Waals surface area contributed by atoms with E-state index in [2.05, 4.69) is 54.6 Å². The molecule has 0 saturated heterocycles. The van der Waals surface area contributed by atoms with Crippen molar-refractivity contribution in [3.63, 3.8) is 0 Å². The van der Waals surface area contributed by atoms with Crippen LogP contribution < -0.4 is 4.74 Å². The first-order valence-corrected chi connectivity index (χ1v) is 15.2. The number of ether oxygens (including phenoxy) is 1. The monoisotopic (exact) mass is 568 g/mol. The van der Waals surface area contributed by atoms with Crippen LogP contribution in [0.15, 0.2) is 109 Å². The van der Waals surface area contributed by atoms with E-state index in [9.17, 15) is 4.79 Å². The molecule has 0 amide bonds. The standard InChI is InChI=1S/C37H25ClO2S/c38-33-12-6-5-11-28(33)25-18-32-30-14-13-22-7-3-4-10-27(22)29(30)15-16-31(32)34(19-25)40-37(39)36-21-26-17-23-8-1-2-9-24(23)20-35(26)41-36/h1-2,4-6,8-12,15-21H,3,7,13-14H2. The molecular formula is C37H25ClO2S. The maximum Gasteiger partial charge on any atom is 0.353 e. The van der Waals surface area contributed by atoms with Crippen LogP contribution in [0.1, 0.15) is 40.1 Å². The van der Waals surface area contributed by atoms with Crippen molar-refractivity contribution in [1.29, 1.82) is 0 Å². The maximum absolute atomic E-state index is 13.7. The summed E-state index contributed by atoms with van der Waals surface area (Å²) in [5, 5.41) is 6.11. The number of esters is 1. The highest BCUT2D eigenvalue weighted by atomic mass is 35.5. The third-order valence-corrected chi connectivity index (χ3v) is 9.83. The first kappa shape index (κ1) is 24.6. The molecule has 0 N–H and O–H groups in total. The Morgan fingerprint density at radius 2 is 1.59 bits per heavy atom. The summed E-state index contributed by atoms with van der Waals surface area (Å²) in [4.78, 5) is 14.2. The number of rotatable bonds is 3. The zero-order valence-electron chi connectivity index (χ0n) is 22.2. The predicted molar refractivity (Wildman–Crippen MR) is 172 cm³/mol. The molecule has 8 rings (SSSR count). The Balaban J connectivity index is 1.27. The molecule has 2 aliphatic rings. The van der Waals surface area contributed by atoms with Crippen LogP contribution in [0.3, 0.4) is 0 Å². The molecule has 0 radical (unpaired) electrons. The van der Waals surface area contributed by atoms with Crippen LogP contribution in [0.5, 0.6) is 5.75 Å². The summed E-state index contributed by atoms with van der Waals surface area (Å²) in [6, 6.07) is 30.8. The second-order valence-electron chi connectivity index (χ2n) is 10.8. The molecular weight excluding hydrogens is 544 g/mol. The van der Waals surface area contributed by atoms with Gasteiger partial charge in [0.25, 0.3) is 0 Å². The number of carbonyl (C=O) groups excluding carboxylic acids is 1. The molecule has 0 saturated carbocycles. The summed E-state index contributed by atoms with van der Waals surface area (Å²) in [5.74, 6) is 0.220. The Bertz CT molecular complexity index is 2060. The van der Waals surface area contributed by atoms with Gasteiger partial charge in [-0.2, -0.15) is 0 Å². The van der Waals surface area contributed by atoms with E-state index in [0.29, 0.717) is 15.6 Å². The van der Waals surface area contributed by atoms with E-state index >= 15 is 0 Å². The quantitative estimate of drug-likeness (QED) is 0.157. The number of thiophene rings is 1. The van der Waals surface area contributed by atoms with Gasteiger partial charge in [0.1, 0.15) is 10.6 Å². The van der Waals surface area contributed by atoms with Gasteiger partial charge >= 0.3 is 5.97 Å². The lowest BCUT2D eigenvalue weighted by Crippen LogP contribution is -2.09. The second-order valence-corrected chi connectivity index (χ2v) is 12.3. The molecule has 5 aromatic carbocycles. The first-order chi connectivity index (χ1) is 20.1. The Labute approximate surface area is 247 Å². The summed E-state index contributed by atoms with van der Waals surface area (Å²) >= 11 is 8.14. The van der Waals surface area contributed by atoms with Gasteiger partial charge < -0.3 is 4.74 Å². The number of benzene rings is 5. The van der Waals surface area contributed by atoms with E-state index in [0.717, 1.165) is 68.4 Å². The average molecular weight is 569 g/mol. The van der Waals surface area contributed by atoms with Crippen molar-refractivity contribution in [2.75, 3.05) is 0 Å². The van der Waals surface area contributed by atoms with E-state index in [-0.39, 0.29) is 5.97 Å². The Morgan fingerprint density at radius 3 is 2.46 bits per heavy atom. The van der Waals surface area contributed by atoms with Gasteiger partial charge in [0.15, 0.2) is 0 Å². The van der Waals surface area contributed by atoms with Crippen LogP contribution in [0.25, 0.3) is 48.3 Å². The highest BCUT2D eigenvalue weighted by Crippen LogP contribution is 2.44. The minimum Gasteiger partial charge on any atom is -0.422 e. The van der Waals surface area contributed by atoms with Gasteiger partial charge in [-0.05, 0) is 112 Å².